The summed E-state index contributed by atoms with van der Waals surface area (Å²) in [4.78, 5) is 31.1. The van der Waals surface area contributed by atoms with Crippen molar-refractivity contribution in [3.8, 4) is 5.75 Å². The van der Waals surface area contributed by atoms with Crippen molar-refractivity contribution in [3.63, 3.8) is 0 Å². The smallest absolute Gasteiger partial charge is 0.321 e. The van der Waals surface area contributed by atoms with E-state index in [4.69, 9.17) is 4.74 Å². The normalized spacial score (nSPS) is 13.8. The second-order valence-corrected chi connectivity index (χ2v) is 10.8. The fraction of sp³-hybridized carbons (Fsp3) is 0.346. The van der Waals surface area contributed by atoms with E-state index in [1.54, 1.807) is 17.0 Å². The summed E-state index contributed by atoms with van der Waals surface area (Å²) in [6.07, 6.45) is 0. The average molecular weight is 573 g/mol. The van der Waals surface area contributed by atoms with Crippen LogP contribution in [0.2, 0.25) is 0 Å². The summed E-state index contributed by atoms with van der Waals surface area (Å²) in [6.45, 7) is 7.65. The van der Waals surface area contributed by atoms with Crippen LogP contribution in [0.25, 0.3) is 0 Å². The summed E-state index contributed by atoms with van der Waals surface area (Å²) in [5.74, 6) is 0.611. The van der Waals surface area contributed by atoms with Crippen LogP contribution in [-0.2, 0) is 16.8 Å². The Balaban J connectivity index is 1.23. The number of hydrogen-bond acceptors (Lipinski definition) is 6. The SMILES string of the molecule is CC(C)(c1ccc(Br)cc1)c1csc(NC(=O)NCc2ccc(OCC(=O)N3CCNCC3)cc2)n1. The summed E-state index contributed by atoms with van der Waals surface area (Å²) in [5.41, 5.74) is 2.68. The molecule has 0 unspecified atom stereocenters. The minimum atomic E-state index is -0.320. The second kappa shape index (κ2) is 11.9. The summed E-state index contributed by atoms with van der Waals surface area (Å²) in [7, 11) is 0. The van der Waals surface area contributed by atoms with Crippen LogP contribution in [0, 0.1) is 0 Å². The van der Waals surface area contributed by atoms with Crippen molar-refractivity contribution in [1.29, 1.82) is 0 Å². The number of nitrogens with one attached hydrogen (secondary N) is 3. The van der Waals surface area contributed by atoms with Gasteiger partial charge in [0.15, 0.2) is 11.7 Å². The highest BCUT2D eigenvalue weighted by Crippen LogP contribution is 2.34. The molecule has 0 atom stereocenters. The first kappa shape index (κ1) is 26.1. The molecule has 0 aliphatic carbocycles. The minimum Gasteiger partial charge on any atom is -0.484 e. The molecule has 10 heteroatoms. The van der Waals surface area contributed by atoms with E-state index >= 15 is 0 Å². The van der Waals surface area contributed by atoms with Gasteiger partial charge in [-0.05, 0) is 35.4 Å². The van der Waals surface area contributed by atoms with Crippen LogP contribution in [-0.4, -0.2) is 54.6 Å². The molecule has 3 aromatic rings. The van der Waals surface area contributed by atoms with Gasteiger partial charge in [0.2, 0.25) is 0 Å². The van der Waals surface area contributed by atoms with Gasteiger partial charge in [0.05, 0.1) is 5.69 Å². The van der Waals surface area contributed by atoms with Gasteiger partial charge in [-0.1, -0.05) is 54.0 Å². The third kappa shape index (κ3) is 6.83. The highest BCUT2D eigenvalue weighted by atomic mass is 79.9. The molecule has 36 heavy (non-hydrogen) atoms. The van der Waals surface area contributed by atoms with Crippen molar-refractivity contribution in [2.24, 2.45) is 0 Å². The predicted molar refractivity (Wildman–Crippen MR) is 146 cm³/mol. The molecule has 1 fully saturated rings. The quantitative estimate of drug-likeness (QED) is 0.373. The van der Waals surface area contributed by atoms with Crippen LogP contribution in [0.4, 0.5) is 9.93 Å². The summed E-state index contributed by atoms with van der Waals surface area (Å²) >= 11 is 4.87. The Morgan fingerprint density at radius 1 is 1.11 bits per heavy atom. The Hall–Kier alpha value is -2.95. The van der Waals surface area contributed by atoms with Gasteiger partial charge in [0.1, 0.15) is 5.75 Å². The number of hydrogen-bond donors (Lipinski definition) is 3. The number of benzene rings is 2. The highest BCUT2D eigenvalue weighted by molar-refractivity contribution is 9.10. The number of carbonyl (C=O) groups excluding carboxylic acids is 2. The van der Waals surface area contributed by atoms with Gasteiger partial charge in [0, 0.05) is 48.0 Å². The third-order valence-electron chi connectivity index (χ3n) is 6.14. The van der Waals surface area contributed by atoms with Crippen molar-refractivity contribution >= 4 is 44.3 Å². The van der Waals surface area contributed by atoms with E-state index in [1.807, 2.05) is 29.6 Å². The fourth-order valence-electron chi connectivity index (χ4n) is 3.81. The number of ether oxygens (including phenoxy) is 1. The molecule has 190 valence electrons. The van der Waals surface area contributed by atoms with Gasteiger partial charge in [-0.2, -0.15) is 0 Å². The molecular weight excluding hydrogens is 542 g/mol. The Kier molecular flexibility index (Phi) is 8.60. The molecule has 1 aromatic heterocycles. The lowest BCUT2D eigenvalue weighted by molar-refractivity contribution is -0.133. The molecule has 0 bridgehead atoms. The van der Waals surface area contributed by atoms with E-state index in [0.717, 1.165) is 34.4 Å². The molecule has 2 heterocycles. The Morgan fingerprint density at radius 2 is 1.81 bits per heavy atom. The van der Waals surface area contributed by atoms with Crippen LogP contribution >= 0.6 is 27.3 Å². The lowest BCUT2D eigenvalue weighted by Crippen LogP contribution is -2.47. The predicted octanol–water partition coefficient (Wildman–Crippen LogP) is 4.36. The van der Waals surface area contributed by atoms with E-state index in [9.17, 15) is 9.59 Å². The Bertz CT molecular complexity index is 1180. The zero-order valence-electron chi connectivity index (χ0n) is 20.3. The lowest BCUT2D eigenvalue weighted by atomic mass is 9.82. The fourth-order valence-corrected chi connectivity index (χ4v) is 4.95. The standard InChI is InChI=1S/C26H30BrN5O3S/c1-26(2,19-5-7-20(27)8-6-19)22-17-36-25(30-22)31-24(34)29-15-18-3-9-21(10-4-18)35-16-23(33)32-13-11-28-12-14-32/h3-10,17,28H,11-16H2,1-2H3,(H2,29,30,31,34). The topological polar surface area (TPSA) is 95.6 Å². The number of anilines is 1. The molecule has 1 aliphatic rings. The maximum atomic E-state index is 12.4. The van der Waals surface area contributed by atoms with Crippen LogP contribution in [0.5, 0.6) is 5.75 Å². The van der Waals surface area contributed by atoms with E-state index in [0.29, 0.717) is 30.5 Å². The lowest BCUT2D eigenvalue weighted by Gasteiger charge is -2.27. The molecular formula is C26H30BrN5O3S. The third-order valence-corrected chi connectivity index (χ3v) is 7.43. The molecule has 3 amide bonds. The first-order valence-corrected chi connectivity index (χ1v) is 13.5. The van der Waals surface area contributed by atoms with Crippen molar-refractivity contribution < 1.29 is 14.3 Å². The maximum Gasteiger partial charge on any atom is 0.321 e. The second-order valence-electron chi connectivity index (χ2n) is 9.04. The number of halogens is 1. The Labute approximate surface area is 223 Å². The average Bonchev–Trinajstić information content (AvgIpc) is 3.37. The van der Waals surface area contributed by atoms with Gasteiger partial charge in [0.25, 0.3) is 5.91 Å². The minimum absolute atomic E-state index is 0.00973. The first-order chi connectivity index (χ1) is 17.3. The molecule has 1 saturated heterocycles. The molecule has 0 saturated carbocycles. The molecule has 8 nitrogen and oxygen atoms in total. The number of carbonyl (C=O) groups is 2. The number of urea groups is 1. The molecule has 0 radical (unpaired) electrons. The zero-order chi connectivity index (χ0) is 25.5. The van der Waals surface area contributed by atoms with Crippen LogP contribution in [0.3, 0.4) is 0 Å². The number of nitrogens with zero attached hydrogens (tertiary/aromatic N) is 2. The first-order valence-electron chi connectivity index (χ1n) is 11.8. The summed E-state index contributed by atoms with van der Waals surface area (Å²) < 4.78 is 6.66. The van der Waals surface area contributed by atoms with Crippen molar-refractivity contribution in [3.05, 3.63) is 75.2 Å². The van der Waals surface area contributed by atoms with E-state index in [2.05, 4.69) is 62.8 Å². The summed E-state index contributed by atoms with van der Waals surface area (Å²) in [6, 6.07) is 15.2. The monoisotopic (exact) mass is 571 g/mol. The molecule has 0 spiro atoms. The molecule has 1 aliphatic heterocycles. The van der Waals surface area contributed by atoms with E-state index < -0.39 is 0 Å². The van der Waals surface area contributed by atoms with Crippen LogP contribution in [0.15, 0.2) is 58.4 Å². The van der Waals surface area contributed by atoms with Gasteiger partial charge >= 0.3 is 6.03 Å². The maximum absolute atomic E-state index is 12.4. The largest absolute Gasteiger partial charge is 0.484 e. The van der Waals surface area contributed by atoms with Crippen LogP contribution in [0.1, 0.15) is 30.7 Å². The van der Waals surface area contributed by atoms with E-state index in [1.165, 1.54) is 11.3 Å². The van der Waals surface area contributed by atoms with E-state index in [-0.39, 0.29) is 24.0 Å². The molecule has 3 N–H and O–H groups in total. The number of aromatic nitrogens is 1. The van der Waals surface area contributed by atoms with Crippen molar-refractivity contribution in [1.82, 2.24) is 20.5 Å². The van der Waals surface area contributed by atoms with Gasteiger partial charge in [-0.15, -0.1) is 11.3 Å². The Morgan fingerprint density at radius 3 is 2.50 bits per heavy atom. The number of rotatable bonds is 8. The van der Waals surface area contributed by atoms with Crippen molar-refractivity contribution in [2.75, 3.05) is 38.1 Å². The highest BCUT2D eigenvalue weighted by Gasteiger charge is 2.26. The van der Waals surface area contributed by atoms with Gasteiger partial charge in [-0.25, -0.2) is 9.78 Å². The van der Waals surface area contributed by atoms with Gasteiger partial charge < -0.3 is 20.3 Å². The molecule has 2 aromatic carbocycles. The summed E-state index contributed by atoms with van der Waals surface area (Å²) in [5, 5.41) is 11.4. The molecule has 4 rings (SSSR count). The van der Waals surface area contributed by atoms with Gasteiger partial charge in [-0.3, -0.25) is 10.1 Å². The van der Waals surface area contributed by atoms with Crippen LogP contribution < -0.4 is 20.7 Å². The number of thiazole rings is 1. The van der Waals surface area contributed by atoms with Crippen molar-refractivity contribution in [2.45, 2.75) is 25.8 Å². The number of amides is 3. The number of piperazine rings is 1. The zero-order valence-corrected chi connectivity index (χ0v) is 22.7.